The second-order valence-corrected chi connectivity index (χ2v) is 4.38. The van der Waals surface area contributed by atoms with Crippen LogP contribution in [0.15, 0.2) is 42.5 Å². The highest BCUT2D eigenvalue weighted by Crippen LogP contribution is 2.13. The van der Waals surface area contributed by atoms with E-state index in [-0.39, 0.29) is 30.6 Å². The Balaban J connectivity index is 0.00000324. The molecule has 2 atom stereocenters. The van der Waals surface area contributed by atoms with Crippen LogP contribution in [0.25, 0.3) is 0 Å². The van der Waals surface area contributed by atoms with E-state index >= 15 is 0 Å². The Labute approximate surface area is 121 Å². The molecule has 106 valence electrons. The SMILES string of the molecule is C=C(C)C(=O)OC(CC)NC(C)c1ccccc1.Cl. The molecule has 0 aromatic heterocycles. The van der Waals surface area contributed by atoms with Gasteiger partial charge in [-0.1, -0.05) is 43.8 Å². The van der Waals surface area contributed by atoms with Crippen LogP contribution in [-0.4, -0.2) is 12.2 Å². The van der Waals surface area contributed by atoms with Crippen LogP contribution in [0.2, 0.25) is 0 Å². The first-order valence-corrected chi connectivity index (χ1v) is 6.22. The van der Waals surface area contributed by atoms with Crippen LogP contribution >= 0.6 is 12.4 Å². The third-order valence-electron chi connectivity index (χ3n) is 2.70. The molecule has 19 heavy (non-hydrogen) atoms. The van der Waals surface area contributed by atoms with Gasteiger partial charge in [-0.05, 0) is 25.8 Å². The van der Waals surface area contributed by atoms with E-state index in [4.69, 9.17) is 4.74 Å². The Morgan fingerprint density at radius 2 is 1.95 bits per heavy atom. The minimum Gasteiger partial charge on any atom is -0.443 e. The van der Waals surface area contributed by atoms with Crippen molar-refractivity contribution >= 4 is 18.4 Å². The number of hydrogen-bond donors (Lipinski definition) is 1. The number of hydrogen-bond acceptors (Lipinski definition) is 3. The van der Waals surface area contributed by atoms with Crippen molar-refractivity contribution in [1.82, 2.24) is 5.32 Å². The van der Waals surface area contributed by atoms with Gasteiger partial charge < -0.3 is 4.74 Å². The van der Waals surface area contributed by atoms with Gasteiger partial charge in [-0.15, -0.1) is 12.4 Å². The number of rotatable bonds is 6. The van der Waals surface area contributed by atoms with E-state index in [0.29, 0.717) is 5.57 Å². The molecule has 1 rings (SSSR count). The minimum atomic E-state index is -0.352. The molecule has 0 heterocycles. The highest BCUT2D eigenvalue weighted by molar-refractivity contribution is 5.87. The largest absolute Gasteiger partial charge is 0.443 e. The maximum Gasteiger partial charge on any atom is 0.334 e. The molecule has 0 spiro atoms. The van der Waals surface area contributed by atoms with E-state index in [9.17, 15) is 4.79 Å². The lowest BCUT2D eigenvalue weighted by Gasteiger charge is -2.22. The van der Waals surface area contributed by atoms with Gasteiger partial charge in [-0.25, -0.2) is 4.79 Å². The number of esters is 1. The molecular weight excluding hydrogens is 262 g/mol. The number of benzene rings is 1. The first kappa shape index (κ1) is 17.7. The molecule has 0 saturated heterocycles. The molecule has 0 aliphatic rings. The van der Waals surface area contributed by atoms with Crippen LogP contribution in [0.1, 0.15) is 38.8 Å². The fourth-order valence-electron chi connectivity index (χ4n) is 1.58. The van der Waals surface area contributed by atoms with E-state index in [1.165, 1.54) is 5.56 Å². The molecule has 1 aromatic rings. The van der Waals surface area contributed by atoms with Crippen LogP contribution in [0.5, 0.6) is 0 Å². The third-order valence-corrected chi connectivity index (χ3v) is 2.70. The topological polar surface area (TPSA) is 38.3 Å². The normalized spacial score (nSPS) is 13.0. The summed E-state index contributed by atoms with van der Waals surface area (Å²) in [5.41, 5.74) is 1.59. The van der Waals surface area contributed by atoms with Gasteiger partial charge >= 0.3 is 5.97 Å². The number of carbonyl (C=O) groups excluding carboxylic acids is 1. The predicted molar refractivity (Wildman–Crippen MR) is 80.2 cm³/mol. The minimum absolute atomic E-state index is 0. The van der Waals surface area contributed by atoms with Gasteiger partial charge in [-0.2, -0.15) is 0 Å². The first-order chi connectivity index (χ1) is 8.54. The van der Waals surface area contributed by atoms with Gasteiger partial charge in [0, 0.05) is 11.6 Å². The van der Waals surface area contributed by atoms with Crippen molar-refractivity contribution in [2.75, 3.05) is 0 Å². The van der Waals surface area contributed by atoms with Crippen LogP contribution in [0.4, 0.5) is 0 Å². The average Bonchev–Trinajstić information content (AvgIpc) is 2.38. The summed E-state index contributed by atoms with van der Waals surface area (Å²) in [6, 6.07) is 10.2. The lowest BCUT2D eigenvalue weighted by molar-refractivity contribution is -0.146. The van der Waals surface area contributed by atoms with Crippen molar-refractivity contribution in [3.63, 3.8) is 0 Å². The lowest BCUT2D eigenvalue weighted by atomic mass is 10.1. The summed E-state index contributed by atoms with van der Waals surface area (Å²) in [5.74, 6) is -0.352. The Kier molecular flexibility index (Phi) is 8.12. The number of ether oxygens (including phenoxy) is 1. The fourth-order valence-corrected chi connectivity index (χ4v) is 1.58. The van der Waals surface area contributed by atoms with Gasteiger partial charge in [0.15, 0.2) is 6.23 Å². The smallest absolute Gasteiger partial charge is 0.334 e. The van der Waals surface area contributed by atoms with E-state index in [2.05, 4.69) is 11.9 Å². The van der Waals surface area contributed by atoms with Gasteiger partial charge in [0.1, 0.15) is 0 Å². The van der Waals surface area contributed by atoms with Crippen LogP contribution in [0.3, 0.4) is 0 Å². The van der Waals surface area contributed by atoms with Crippen LogP contribution < -0.4 is 5.32 Å². The van der Waals surface area contributed by atoms with Gasteiger partial charge in [0.2, 0.25) is 0 Å². The average molecular weight is 284 g/mol. The van der Waals surface area contributed by atoms with Crippen LogP contribution in [0, 0.1) is 0 Å². The molecule has 0 amide bonds. The Morgan fingerprint density at radius 3 is 2.42 bits per heavy atom. The maximum absolute atomic E-state index is 11.5. The Bertz CT molecular complexity index is 406. The predicted octanol–water partition coefficient (Wildman–Crippen LogP) is 3.61. The number of nitrogens with one attached hydrogen (secondary N) is 1. The molecule has 0 aliphatic carbocycles. The number of halogens is 1. The van der Waals surface area contributed by atoms with Crippen molar-refractivity contribution < 1.29 is 9.53 Å². The highest BCUT2D eigenvalue weighted by atomic mass is 35.5. The first-order valence-electron chi connectivity index (χ1n) is 6.22. The lowest BCUT2D eigenvalue weighted by Crippen LogP contribution is -2.35. The molecule has 3 nitrogen and oxygen atoms in total. The molecule has 2 unspecified atom stereocenters. The summed E-state index contributed by atoms with van der Waals surface area (Å²) in [5, 5.41) is 3.28. The third kappa shape index (κ3) is 5.90. The Hall–Kier alpha value is -1.32. The zero-order valence-corrected chi connectivity index (χ0v) is 12.5. The van der Waals surface area contributed by atoms with E-state index in [1.807, 2.05) is 44.2 Å². The molecule has 0 bridgehead atoms. The van der Waals surface area contributed by atoms with E-state index in [1.54, 1.807) is 6.92 Å². The molecule has 0 fully saturated rings. The molecule has 0 saturated carbocycles. The molecule has 1 N–H and O–H groups in total. The summed E-state index contributed by atoms with van der Waals surface area (Å²) < 4.78 is 5.30. The zero-order valence-electron chi connectivity index (χ0n) is 11.7. The molecule has 0 aliphatic heterocycles. The highest BCUT2D eigenvalue weighted by Gasteiger charge is 2.15. The van der Waals surface area contributed by atoms with Gasteiger partial charge in [0.25, 0.3) is 0 Å². The summed E-state index contributed by atoms with van der Waals surface area (Å²) in [6.07, 6.45) is 0.431. The molecule has 0 radical (unpaired) electrons. The van der Waals surface area contributed by atoms with Gasteiger partial charge in [-0.3, -0.25) is 5.32 Å². The molecule has 1 aromatic carbocycles. The zero-order chi connectivity index (χ0) is 13.5. The second-order valence-electron chi connectivity index (χ2n) is 4.38. The quantitative estimate of drug-likeness (QED) is 0.492. The monoisotopic (exact) mass is 283 g/mol. The van der Waals surface area contributed by atoms with E-state index in [0.717, 1.165) is 6.42 Å². The summed E-state index contributed by atoms with van der Waals surface area (Å²) in [4.78, 5) is 11.5. The van der Waals surface area contributed by atoms with Gasteiger partial charge in [0.05, 0.1) is 0 Å². The van der Waals surface area contributed by atoms with Crippen molar-refractivity contribution in [3.8, 4) is 0 Å². The molecule has 4 heteroatoms. The summed E-state index contributed by atoms with van der Waals surface area (Å²) >= 11 is 0. The Morgan fingerprint density at radius 1 is 1.37 bits per heavy atom. The van der Waals surface area contributed by atoms with Crippen molar-refractivity contribution in [1.29, 1.82) is 0 Å². The van der Waals surface area contributed by atoms with Crippen molar-refractivity contribution in [2.24, 2.45) is 0 Å². The maximum atomic E-state index is 11.5. The van der Waals surface area contributed by atoms with Crippen LogP contribution in [-0.2, 0) is 9.53 Å². The summed E-state index contributed by atoms with van der Waals surface area (Å²) in [7, 11) is 0. The molecular formula is C15H22ClNO2. The standard InChI is InChI=1S/C15H21NO2.ClH/c1-5-14(18-15(17)11(2)3)16-12(4)13-9-7-6-8-10-13;/h6-10,12,14,16H,2,5H2,1,3-4H3;1H. The van der Waals surface area contributed by atoms with Crippen molar-refractivity contribution in [3.05, 3.63) is 48.0 Å². The summed E-state index contributed by atoms with van der Waals surface area (Å²) in [6.45, 7) is 9.25. The van der Waals surface area contributed by atoms with Crippen molar-refractivity contribution in [2.45, 2.75) is 39.5 Å². The number of carbonyl (C=O) groups is 1. The van der Waals surface area contributed by atoms with E-state index < -0.39 is 0 Å². The fraction of sp³-hybridized carbons (Fsp3) is 0.400. The second kappa shape index (κ2) is 8.73.